The number of carbonyl (C=O) groups excluding carboxylic acids is 2. The maximum Gasteiger partial charge on any atom is 0.410 e. The lowest BCUT2D eigenvalue weighted by Gasteiger charge is -2.36. The van der Waals surface area contributed by atoms with Crippen LogP contribution in [0, 0.1) is 0 Å². The van der Waals surface area contributed by atoms with Crippen LogP contribution in [0.3, 0.4) is 0 Å². The van der Waals surface area contributed by atoms with Gasteiger partial charge in [0.25, 0.3) is 0 Å². The van der Waals surface area contributed by atoms with Crippen LogP contribution in [0.25, 0.3) is 0 Å². The number of carbonyl (C=O) groups is 2. The molecule has 9 nitrogen and oxygen atoms in total. The predicted molar refractivity (Wildman–Crippen MR) is 106 cm³/mol. The molecule has 1 fully saturated rings. The SMILES string of the molecule is COC(=O)c1cccc(OS(=O)(=O)N(C)C2CCN(C(=O)OC(C)(C)C)CC2)c1. The predicted octanol–water partition coefficient (Wildman–Crippen LogP) is 2.43. The lowest BCUT2D eigenvalue weighted by molar-refractivity contribution is 0.0181. The van der Waals surface area contributed by atoms with E-state index in [2.05, 4.69) is 4.74 Å². The van der Waals surface area contributed by atoms with Crippen molar-refractivity contribution in [3.63, 3.8) is 0 Å². The third kappa shape index (κ3) is 6.33. The number of hydrogen-bond donors (Lipinski definition) is 0. The van der Waals surface area contributed by atoms with Crippen molar-refractivity contribution < 1.29 is 31.7 Å². The Kier molecular flexibility index (Phi) is 7.12. The van der Waals surface area contributed by atoms with Crippen LogP contribution in [0.15, 0.2) is 24.3 Å². The summed E-state index contributed by atoms with van der Waals surface area (Å²) < 4.78 is 41.6. The van der Waals surface area contributed by atoms with Gasteiger partial charge in [-0.2, -0.15) is 12.7 Å². The van der Waals surface area contributed by atoms with Crippen LogP contribution >= 0.6 is 0 Å². The first kappa shape index (κ1) is 23.0. The zero-order chi connectivity index (χ0) is 21.8. The minimum Gasteiger partial charge on any atom is -0.465 e. The molecule has 0 aromatic heterocycles. The Bertz CT molecular complexity index is 840. The second-order valence-electron chi connectivity index (χ2n) is 7.78. The topological polar surface area (TPSA) is 102 Å². The number of benzene rings is 1. The lowest BCUT2D eigenvalue weighted by Crippen LogP contribution is -2.49. The van der Waals surface area contributed by atoms with E-state index in [4.69, 9.17) is 8.92 Å². The highest BCUT2D eigenvalue weighted by atomic mass is 32.2. The van der Waals surface area contributed by atoms with Gasteiger partial charge in [0, 0.05) is 26.2 Å². The van der Waals surface area contributed by atoms with Crippen LogP contribution in [0.1, 0.15) is 44.0 Å². The van der Waals surface area contributed by atoms with E-state index in [-0.39, 0.29) is 17.4 Å². The van der Waals surface area contributed by atoms with Gasteiger partial charge in [-0.05, 0) is 51.8 Å². The fourth-order valence-electron chi connectivity index (χ4n) is 2.89. The summed E-state index contributed by atoms with van der Waals surface area (Å²) in [6.45, 7) is 6.16. The molecule has 0 aliphatic carbocycles. The number of esters is 1. The monoisotopic (exact) mass is 428 g/mol. The number of ether oxygens (including phenoxy) is 2. The molecule has 0 saturated carbocycles. The van der Waals surface area contributed by atoms with Crippen molar-refractivity contribution in [2.24, 2.45) is 0 Å². The van der Waals surface area contributed by atoms with Crippen molar-refractivity contribution in [3.05, 3.63) is 29.8 Å². The summed E-state index contributed by atoms with van der Waals surface area (Å²) in [4.78, 5) is 25.3. The van der Waals surface area contributed by atoms with E-state index in [1.54, 1.807) is 25.7 Å². The summed E-state index contributed by atoms with van der Waals surface area (Å²) in [7, 11) is -1.40. The Morgan fingerprint density at radius 1 is 1.17 bits per heavy atom. The highest BCUT2D eigenvalue weighted by molar-refractivity contribution is 7.84. The summed E-state index contributed by atoms with van der Waals surface area (Å²) in [6.07, 6.45) is 0.512. The van der Waals surface area contributed by atoms with Crippen molar-refractivity contribution in [1.82, 2.24) is 9.21 Å². The van der Waals surface area contributed by atoms with Crippen LogP contribution in [0.4, 0.5) is 4.79 Å². The van der Waals surface area contributed by atoms with Crippen molar-refractivity contribution in [2.45, 2.75) is 45.3 Å². The maximum absolute atomic E-state index is 12.6. The Hall–Kier alpha value is -2.33. The first-order chi connectivity index (χ1) is 13.4. The molecule has 10 heteroatoms. The fraction of sp³-hybridized carbons (Fsp3) is 0.579. The van der Waals surface area contributed by atoms with Crippen molar-refractivity contribution >= 4 is 22.4 Å². The van der Waals surface area contributed by atoms with E-state index in [1.165, 1.54) is 38.4 Å². The number of nitrogens with zero attached hydrogens (tertiary/aromatic N) is 2. The molecule has 0 spiro atoms. The van der Waals surface area contributed by atoms with E-state index in [1.807, 2.05) is 0 Å². The summed E-state index contributed by atoms with van der Waals surface area (Å²) in [5.74, 6) is -0.568. The standard InChI is InChI=1S/C19H28N2O7S/c1-19(2,3)27-18(23)21-11-9-15(10-12-21)20(4)29(24,25)28-16-8-6-7-14(13-16)17(22)26-5/h6-8,13,15H,9-12H2,1-5H3. The largest absolute Gasteiger partial charge is 0.465 e. The highest BCUT2D eigenvalue weighted by Crippen LogP contribution is 2.23. The van der Waals surface area contributed by atoms with Gasteiger partial charge in [-0.25, -0.2) is 9.59 Å². The molecule has 0 radical (unpaired) electrons. The lowest BCUT2D eigenvalue weighted by atomic mass is 10.1. The van der Waals surface area contributed by atoms with Gasteiger partial charge in [0.05, 0.1) is 12.7 Å². The number of rotatable bonds is 5. The number of amides is 1. The Morgan fingerprint density at radius 2 is 1.79 bits per heavy atom. The van der Waals surface area contributed by atoms with Gasteiger partial charge in [-0.1, -0.05) is 6.07 Å². The molecule has 1 aromatic carbocycles. The van der Waals surface area contributed by atoms with Gasteiger partial charge >= 0.3 is 22.4 Å². The molecule has 0 unspecified atom stereocenters. The van der Waals surface area contributed by atoms with Gasteiger partial charge in [0.15, 0.2) is 0 Å². The summed E-state index contributed by atoms with van der Waals surface area (Å²) in [5, 5.41) is 0. The van der Waals surface area contributed by atoms with Gasteiger partial charge < -0.3 is 18.6 Å². The first-order valence-electron chi connectivity index (χ1n) is 9.26. The quantitative estimate of drug-likeness (QED) is 0.664. The number of likely N-dealkylation sites (tertiary alicyclic amines) is 1. The molecule has 1 amide bonds. The molecule has 162 valence electrons. The molecule has 1 aliphatic rings. The smallest absolute Gasteiger partial charge is 0.410 e. The average molecular weight is 429 g/mol. The fourth-order valence-corrected chi connectivity index (χ4v) is 3.93. The van der Waals surface area contributed by atoms with E-state index in [9.17, 15) is 18.0 Å². The minimum atomic E-state index is -4.08. The summed E-state index contributed by atoms with van der Waals surface area (Å²) in [5.41, 5.74) is -0.394. The average Bonchev–Trinajstić information content (AvgIpc) is 2.65. The third-order valence-electron chi connectivity index (χ3n) is 4.44. The molecule has 0 atom stereocenters. The Labute approximate surface area is 171 Å². The van der Waals surface area contributed by atoms with Crippen LogP contribution in [0.5, 0.6) is 5.75 Å². The van der Waals surface area contributed by atoms with Crippen LogP contribution in [-0.2, 0) is 19.8 Å². The van der Waals surface area contributed by atoms with Crippen LogP contribution < -0.4 is 4.18 Å². The summed E-state index contributed by atoms with van der Waals surface area (Å²) >= 11 is 0. The number of hydrogen-bond acceptors (Lipinski definition) is 7. The molecule has 1 saturated heterocycles. The second kappa shape index (κ2) is 9.00. The molecular formula is C19H28N2O7S. The van der Waals surface area contributed by atoms with Gasteiger partial charge in [0.2, 0.25) is 0 Å². The first-order valence-corrected chi connectivity index (χ1v) is 10.6. The molecule has 0 bridgehead atoms. The van der Waals surface area contributed by atoms with E-state index < -0.39 is 28.0 Å². The molecule has 1 aromatic rings. The van der Waals surface area contributed by atoms with Gasteiger partial charge in [-0.3, -0.25) is 0 Å². The number of methoxy groups -OCH3 is 1. The molecular weight excluding hydrogens is 400 g/mol. The zero-order valence-corrected chi connectivity index (χ0v) is 18.2. The molecule has 1 heterocycles. The Balaban J connectivity index is 1.99. The maximum atomic E-state index is 12.6. The van der Waals surface area contributed by atoms with Crippen LogP contribution in [-0.4, -0.2) is 68.6 Å². The summed E-state index contributed by atoms with van der Waals surface area (Å²) in [6, 6.07) is 5.45. The van der Waals surface area contributed by atoms with Gasteiger partial charge in [-0.15, -0.1) is 0 Å². The second-order valence-corrected chi connectivity index (χ2v) is 9.37. The van der Waals surface area contributed by atoms with E-state index in [0.717, 1.165) is 4.31 Å². The van der Waals surface area contributed by atoms with Crippen LogP contribution in [0.2, 0.25) is 0 Å². The molecule has 1 aliphatic heterocycles. The molecule has 0 N–H and O–H groups in total. The number of piperidine rings is 1. The van der Waals surface area contributed by atoms with Crippen molar-refractivity contribution in [1.29, 1.82) is 0 Å². The molecule has 2 rings (SSSR count). The van der Waals surface area contributed by atoms with Crippen molar-refractivity contribution in [3.8, 4) is 5.75 Å². The zero-order valence-electron chi connectivity index (χ0n) is 17.4. The Morgan fingerprint density at radius 3 is 2.34 bits per heavy atom. The van der Waals surface area contributed by atoms with Gasteiger partial charge in [0.1, 0.15) is 11.4 Å². The minimum absolute atomic E-state index is 0.0194. The third-order valence-corrected chi connectivity index (χ3v) is 5.85. The highest BCUT2D eigenvalue weighted by Gasteiger charge is 2.33. The molecule has 29 heavy (non-hydrogen) atoms. The van der Waals surface area contributed by atoms with Crippen molar-refractivity contribution in [2.75, 3.05) is 27.2 Å². The van der Waals surface area contributed by atoms with E-state index >= 15 is 0 Å². The van der Waals surface area contributed by atoms with E-state index in [0.29, 0.717) is 25.9 Å². The normalized spacial score (nSPS) is 15.9.